The van der Waals surface area contributed by atoms with Crippen molar-refractivity contribution in [3.8, 4) is 11.6 Å². The normalized spacial score (nSPS) is 10.5. The molecule has 1 aromatic carbocycles. The van der Waals surface area contributed by atoms with Gasteiger partial charge in [0, 0.05) is 18.8 Å². The van der Waals surface area contributed by atoms with Crippen molar-refractivity contribution >= 4 is 27.5 Å². The summed E-state index contributed by atoms with van der Waals surface area (Å²) in [5.74, 6) is 0.195. The van der Waals surface area contributed by atoms with E-state index in [-0.39, 0.29) is 5.88 Å². The second kappa shape index (κ2) is 6.32. The summed E-state index contributed by atoms with van der Waals surface area (Å²) in [6.45, 7) is 0.667. The number of nitrogens with one attached hydrogen (secondary N) is 1. The van der Waals surface area contributed by atoms with E-state index in [4.69, 9.17) is 16.3 Å². The Morgan fingerprint density at radius 1 is 1.42 bits per heavy atom. The first-order chi connectivity index (χ1) is 9.10. The molecule has 0 aliphatic rings. The molecule has 2 rings (SSSR count). The molecule has 0 aliphatic carbocycles. The SMILES string of the molecule is CNCc1cnc(Oc2ccc(Br)c(F)c2)c(Cl)c1. The van der Waals surface area contributed by atoms with Crippen LogP contribution in [0.15, 0.2) is 34.9 Å². The molecule has 0 atom stereocenters. The average Bonchev–Trinajstić information content (AvgIpc) is 2.37. The molecule has 6 heteroatoms. The zero-order chi connectivity index (χ0) is 13.8. The minimum absolute atomic E-state index is 0.253. The van der Waals surface area contributed by atoms with Crippen molar-refractivity contribution in [3.05, 3.63) is 51.3 Å². The second-order valence-corrected chi connectivity index (χ2v) is 5.10. The molecule has 3 nitrogen and oxygen atoms in total. The Hall–Kier alpha value is -1.17. The van der Waals surface area contributed by atoms with Crippen molar-refractivity contribution in [3.63, 3.8) is 0 Å². The maximum absolute atomic E-state index is 13.4. The van der Waals surface area contributed by atoms with Gasteiger partial charge in [-0.05, 0) is 46.7 Å². The van der Waals surface area contributed by atoms with Crippen molar-refractivity contribution in [1.82, 2.24) is 10.3 Å². The molecule has 2 aromatic rings. The molecule has 1 N–H and O–H groups in total. The Kier molecular flexibility index (Phi) is 4.74. The molecule has 0 amide bonds. The van der Waals surface area contributed by atoms with Gasteiger partial charge in [0.15, 0.2) is 0 Å². The van der Waals surface area contributed by atoms with E-state index in [1.54, 1.807) is 24.4 Å². The molecule has 1 aromatic heterocycles. The Balaban J connectivity index is 2.20. The maximum Gasteiger partial charge on any atom is 0.238 e. The van der Waals surface area contributed by atoms with Crippen LogP contribution in [0, 0.1) is 5.82 Å². The van der Waals surface area contributed by atoms with Gasteiger partial charge in [0.25, 0.3) is 0 Å². The van der Waals surface area contributed by atoms with E-state index in [0.29, 0.717) is 21.8 Å². The van der Waals surface area contributed by atoms with Crippen LogP contribution in [-0.2, 0) is 6.54 Å². The fourth-order valence-corrected chi connectivity index (χ4v) is 1.97. The number of nitrogens with zero attached hydrogens (tertiary/aromatic N) is 1. The third-order valence-corrected chi connectivity index (χ3v) is 3.26. The minimum Gasteiger partial charge on any atom is -0.437 e. The van der Waals surface area contributed by atoms with Crippen LogP contribution in [0.3, 0.4) is 0 Å². The lowest BCUT2D eigenvalue weighted by Crippen LogP contribution is -2.05. The van der Waals surface area contributed by atoms with Crippen molar-refractivity contribution < 1.29 is 9.13 Å². The Morgan fingerprint density at radius 3 is 2.84 bits per heavy atom. The van der Waals surface area contributed by atoms with E-state index in [2.05, 4.69) is 26.2 Å². The summed E-state index contributed by atoms with van der Waals surface area (Å²) in [5.41, 5.74) is 0.946. The van der Waals surface area contributed by atoms with Crippen molar-refractivity contribution in [1.29, 1.82) is 0 Å². The Bertz CT molecular complexity index is 595. The van der Waals surface area contributed by atoms with E-state index < -0.39 is 5.82 Å². The van der Waals surface area contributed by atoms with Crippen LogP contribution in [0.25, 0.3) is 0 Å². The highest BCUT2D eigenvalue weighted by atomic mass is 79.9. The van der Waals surface area contributed by atoms with Gasteiger partial charge >= 0.3 is 0 Å². The standard InChI is InChI=1S/C13H11BrClFN2O/c1-17-6-8-4-11(15)13(18-7-8)19-9-2-3-10(14)12(16)5-9/h2-5,7,17H,6H2,1H3. The molecule has 0 saturated heterocycles. The lowest BCUT2D eigenvalue weighted by molar-refractivity contribution is 0.457. The number of halogens is 3. The van der Waals surface area contributed by atoms with Gasteiger partial charge in [0.2, 0.25) is 5.88 Å². The first kappa shape index (κ1) is 14.2. The first-order valence-corrected chi connectivity index (χ1v) is 6.69. The smallest absolute Gasteiger partial charge is 0.238 e. The van der Waals surface area contributed by atoms with Crippen molar-refractivity contribution in [2.45, 2.75) is 6.54 Å². The highest BCUT2D eigenvalue weighted by Gasteiger charge is 2.08. The van der Waals surface area contributed by atoms with E-state index in [0.717, 1.165) is 5.56 Å². The summed E-state index contributed by atoms with van der Waals surface area (Å²) in [5, 5.41) is 3.39. The van der Waals surface area contributed by atoms with Crippen molar-refractivity contribution in [2.24, 2.45) is 0 Å². The lowest BCUT2D eigenvalue weighted by atomic mass is 10.3. The fourth-order valence-electron chi connectivity index (χ4n) is 1.49. The van der Waals surface area contributed by atoms with Gasteiger partial charge < -0.3 is 10.1 Å². The van der Waals surface area contributed by atoms with E-state index >= 15 is 0 Å². The van der Waals surface area contributed by atoms with Crippen LogP contribution >= 0.6 is 27.5 Å². The Morgan fingerprint density at radius 2 is 2.21 bits per heavy atom. The third-order valence-electron chi connectivity index (χ3n) is 2.35. The molecule has 1 heterocycles. The summed E-state index contributed by atoms with van der Waals surface area (Å²) < 4.78 is 19.2. The Labute approximate surface area is 123 Å². The number of pyridine rings is 1. The van der Waals surface area contributed by atoms with Gasteiger partial charge in [-0.2, -0.15) is 0 Å². The van der Waals surface area contributed by atoms with Crippen LogP contribution in [0.5, 0.6) is 11.6 Å². The topological polar surface area (TPSA) is 34.2 Å². The predicted molar refractivity (Wildman–Crippen MR) is 76.2 cm³/mol. The largest absolute Gasteiger partial charge is 0.437 e. The molecule has 0 bridgehead atoms. The summed E-state index contributed by atoms with van der Waals surface area (Å²) >= 11 is 9.14. The molecular formula is C13H11BrClFN2O. The number of ether oxygens (including phenoxy) is 1. The highest BCUT2D eigenvalue weighted by molar-refractivity contribution is 9.10. The van der Waals surface area contributed by atoms with E-state index in [1.807, 2.05) is 7.05 Å². The van der Waals surface area contributed by atoms with Gasteiger partial charge in [-0.1, -0.05) is 11.6 Å². The molecule has 0 unspecified atom stereocenters. The molecule has 0 radical (unpaired) electrons. The zero-order valence-corrected chi connectivity index (χ0v) is 12.4. The molecule has 0 saturated carbocycles. The van der Waals surface area contributed by atoms with Gasteiger partial charge in [0.05, 0.1) is 4.47 Å². The lowest BCUT2D eigenvalue weighted by Gasteiger charge is -2.08. The van der Waals surface area contributed by atoms with Crippen molar-refractivity contribution in [2.75, 3.05) is 7.05 Å². The summed E-state index contributed by atoms with van der Waals surface area (Å²) in [6.07, 6.45) is 1.66. The molecule has 0 aliphatic heterocycles. The summed E-state index contributed by atoms with van der Waals surface area (Å²) in [4.78, 5) is 4.12. The van der Waals surface area contributed by atoms with Gasteiger partial charge in [-0.15, -0.1) is 0 Å². The summed E-state index contributed by atoms with van der Waals surface area (Å²) in [7, 11) is 1.84. The number of benzene rings is 1. The fraction of sp³-hybridized carbons (Fsp3) is 0.154. The van der Waals surface area contributed by atoms with Crippen LogP contribution in [-0.4, -0.2) is 12.0 Å². The van der Waals surface area contributed by atoms with Gasteiger partial charge in [0.1, 0.15) is 16.6 Å². The van der Waals surface area contributed by atoms with Crippen LogP contribution in [0.1, 0.15) is 5.56 Å². The number of hydrogen-bond acceptors (Lipinski definition) is 3. The molecule has 100 valence electrons. The number of aromatic nitrogens is 1. The highest BCUT2D eigenvalue weighted by Crippen LogP contribution is 2.29. The zero-order valence-electron chi connectivity index (χ0n) is 10.1. The van der Waals surface area contributed by atoms with E-state index in [1.165, 1.54) is 6.07 Å². The van der Waals surface area contributed by atoms with Crippen LogP contribution in [0.4, 0.5) is 4.39 Å². The number of rotatable bonds is 4. The minimum atomic E-state index is -0.402. The first-order valence-electron chi connectivity index (χ1n) is 5.52. The van der Waals surface area contributed by atoms with Gasteiger partial charge in [-0.25, -0.2) is 9.37 Å². The van der Waals surface area contributed by atoms with E-state index in [9.17, 15) is 4.39 Å². The van der Waals surface area contributed by atoms with Crippen LogP contribution < -0.4 is 10.1 Å². The molecular weight excluding hydrogens is 335 g/mol. The summed E-state index contributed by atoms with van der Waals surface area (Å²) in [6, 6.07) is 6.22. The molecule has 0 spiro atoms. The second-order valence-electron chi connectivity index (χ2n) is 3.84. The number of hydrogen-bond donors (Lipinski definition) is 1. The predicted octanol–water partition coefficient (Wildman–Crippen LogP) is 4.15. The maximum atomic E-state index is 13.4. The quantitative estimate of drug-likeness (QED) is 0.904. The van der Waals surface area contributed by atoms with Crippen LogP contribution in [0.2, 0.25) is 5.02 Å². The molecule has 19 heavy (non-hydrogen) atoms. The molecule has 0 fully saturated rings. The van der Waals surface area contributed by atoms with Gasteiger partial charge in [-0.3, -0.25) is 0 Å². The third kappa shape index (κ3) is 3.65. The average molecular weight is 346 g/mol. The monoisotopic (exact) mass is 344 g/mol.